The largest absolute Gasteiger partial charge is 0.494 e. The first-order valence-electron chi connectivity index (χ1n) is 10.1. The number of hydrogen-bond donors (Lipinski definition) is 3. The summed E-state index contributed by atoms with van der Waals surface area (Å²) < 4.78 is 33.6. The SMILES string of the molecule is COc1cc([N+](=O)[O-])ccc1NC(=S)Nc1ccc(S(=O)(=O)Nc2c(C)cc(C)cc2C)cc1. The summed E-state index contributed by atoms with van der Waals surface area (Å²) in [6, 6.07) is 14.1. The van der Waals surface area contributed by atoms with E-state index in [1.54, 1.807) is 12.1 Å². The third-order valence-corrected chi connectivity index (χ3v) is 6.55. The molecule has 0 aliphatic heterocycles. The van der Waals surface area contributed by atoms with Crippen molar-refractivity contribution < 1.29 is 18.1 Å². The van der Waals surface area contributed by atoms with Crippen molar-refractivity contribution in [3.05, 3.63) is 81.4 Å². The predicted molar refractivity (Wildman–Crippen MR) is 137 cm³/mol. The fourth-order valence-corrected chi connectivity index (χ4v) is 4.86. The van der Waals surface area contributed by atoms with Crippen LogP contribution < -0.4 is 20.1 Å². The maximum Gasteiger partial charge on any atom is 0.273 e. The molecule has 0 bridgehead atoms. The number of aryl methyl sites for hydroxylation is 3. The lowest BCUT2D eigenvalue weighted by atomic mass is 10.1. The molecule has 34 heavy (non-hydrogen) atoms. The number of hydrogen-bond acceptors (Lipinski definition) is 6. The number of methoxy groups -OCH3 is 1. The molecule has 0 unspecified atom stereocenters. The molecule has 0 spiro atoms. The molecule has 9 nitrogen and oxygen atoms in total. The number of nitrogens with one attached hydrogen (secondary N) is 3. The Hall–Kier alpha value is -3.70. The monoisotopic (exact) mass is 500 g/mol. The molecule has 0 radical (unpaired) electrons. The predicted octanol–water partition coefficient (Wildman–Crippen LogP) is 5.14. The van der Waals surface area contributed by atoms with Gasteiger partial charge < -0.3 is 15.4 Å². The molecule has 0 aliphatic carbocycles. The van der Waals surface area contributed by atoms with Crippen molar-refractivity contribution in [2.45, 2.75) is 25.7 Å². The van der Waals surface area contributed by atoms with Gasteiger partial charge in [-0.1, -0.05) is 17.7 Å². The fourth-order valence-electron chi connectivity index (χ4n) is 3.43. The van der Waals surface area contributed by atoms with Crippen molar-refractivity contribution in [2.24, 2.45) is 0 Å². The first kappa shape index (κ1) is 24.9. The molecule has 0 atom stereocenters. The molecule has 0 heterocycles. The summed E-state index contributed by atoms with van der Waals surface area (Å²) in [6.45, 7) is 5.68. The quantitative estimate of drug-likeness (QED) is 0.232. The Kier molecular flexibility index (Phi) is 7.38. The van der Waals surface area contributed by atoms with Crippen LogP contribution in [-0.2, 0) is 10.0 Å². The van der Waals surface area contributed by atoms with Crippen LogP contribution in [0.25, 0.3) is 0 Å². The van der Waals surface area contributed by atoms with Crippen molar-refractivity contribution in [3.63, 3.8) is 0 Å². The Labute approximate surface area is 203 Å². The number of rotatable bonds is 7. The fraction of sp³-hybridized carbons (Fsp3) is 0.174. The minimum atomic E-state index is -3.78. The van der Waals surface area contributed by atoms with Gasteiger partial charge in [-0.15, -0.1) is 0 Å². The van der Waals surface area contributed by atoms with Gasteiger partial charge in [-0.3, -0.25) is 14.8 Å². The molecule has 3 aromatic carbocycles. The number of sulfonamides is 1. The van der Waals surface area contributed by atoms with Gasteiger partial charge in [-0.2, -0.15) is 0 Å². The second-order valence-electron chi connectivity index (χ2n) is 7.62. The van der Waals surface area contributed by atoms with E-state index in [1.807, 2.05) is 32.9 Å². The summed E-state index contributed by atoms with van der Waals surface area (Å²) in [7, 11) is -2.39. The van der Waals surface area contributed by atoms with Crippen LogP contribution in [0.3, 0.4) is 0 Å². The summed E-state index contributed by atoms with van der Waals surface area (Å²) >= 11 is 5.30. The number of non-ortho nitro benzene ring substituents is 1. The van der Waals surface area contributed by atoms with Crippen molar-refractivity contribution in [1.82, 2.24) is 0 Å². The molecule has 11 heteroatoms. The van der Waals surface area contributed by atoms with Crippen LogP contribution in [0, 0.1) is 30.9 Å². The number of ether oxygens (including phenoxy) is 1. The zero-order chi connectivity index (χ0) is 25.0. The highest BCUT2D eigenvalue weighted by atomic mass is 32.2. The van der Waals surface area contributed by atoms with Gasteiger partial charge in [-0.05, 0) is 74.4 Å². The van der Waals surface area contributed by atoms with Crippen LogP contribution >= 0.6 is 12.2 Å². The van der Waals surface area contributed by atoms with E-state index in [1.165, 1.54) is 37.4 Å². The van der Waals surface area contributed by atoms with Crippen LogP contribution in [0.5, 0.6) is 5.75 Å². The summed E-state index contributed by atoms with van der Waals surface area (Å²) in [4.78, 5) is 10.5. The summed E-state index contributed by atoms with van der Waals surface area (Å²) in [5.74, 6) is 0.257. The van der Waals surface area contributed by atoms with Crippen LogP contribution in [0.2, 0.25) is 0 Å². The van der Waals surface area contributed by atoms with E-state index in [0.717, 1.165) is 16.7 Å². The molecule has 0 saturated carbocycles. The van der Waals surface area contributed by atoms with E-state index in [9.17, 15) is 18.5 Å². The normalized spacial score (nSPS) is 10.9. The van der Waals surface area contributed by atoms with Crippen molar-refractivity contribution in [1.29, 1.82) is 0 Å². The Morgan fingerprint density at radius 1 is 0.971 bits per heavy atom. The second kappa shape index (κ2) is 10.1. The molecule has 3 aromatic rings. The summed E-state index contributed by atoms with van der Waals surface area (Å²) in [5.41, 5.74) is 4.20. The zero-order valence-electron chi connectivity index (χ0n) is 19.0. The maximum atomic E-state index is 12.9. The maximum absolute atomic E-state index is 12.9. The van der Waals surface area contributed by atoms with Gasteiger partial charge >= 0.3 is 0 Å². The third-order valence-electron chi connectivity index (χ3n) is 4.98. The first-order valence-corrected chi connectivity index (χ1v) is 12.0. The van der Waals surface area contributed by atoms with Crippen molar-refractivity contribution >= 4 is 50.1 Å². The van der Waals surface area contributed by atoms with Gasteiger partial charge in [0, 0.05) is 11.8 Å². The van der Waals surface area contributed by atoms with E-state index < -0.39 is 14.9 Å². The number of thiocarbonyl (C=S) groups is 1. The highest BCUT2D eigenvalue weighted by Gasteiger charge is 2.17. The summed E-state index contributed by atoms with van der Waals surface area (Å²) in [6.07, 6.45) is 0. The number of nitro groups is 1. The topological polar surface area (TPSA) is 123 Å². The van der Waals surface area contributed by atoms with Gasteiger partial charge in [0.2, 0.25) is 0 Å². The third kappa shape index (κ3) is 5.80. The molecule has 178 valence electrons. The number of nitrogens with zero attached hydrogens (tertiary/aromatic N) is 1. The molecule has 0 saturated heterocycles. The Balaban J connectivity index is 1.71. The highest BCUT2D eigenvalue weighted by molar-refractivity contribution is 7.92. The molecule has 3 rings (SSSR count). The molecule has 0 amide bonds. The number of benzene rings is 3. The average molecular weight is 501 g/mol. The minimum Gasteiger partial charge on any atom is -0.494 e. The van der Waals surface area contributed by atoms with Crippen LogP contribution in [0.1, 0.15) is 16.7 Å². The second-order valence-corrected chi connectivity index (χ2v) is 9.72. The average Bonchev–Trinajstić information content (AvgIpc) is 2.76. The summed E-state index contributed by atoms with van der Waals surface area (Å²) in [5, 5.41) is 17.0. The molecule has 0 aromatic heterocycles. The zero-order valence-corrected chi connectivity index (χ0v) is 20.6. The standard InChI is InChI=1S/C23H24N4O5S2/c1-14-11-15(2)22(16(3)12-14)26-34(30,31)19-8-5-17(6-9-19)24-23(33)25-20-10-7-18(27(28)29)13-21(20)32-4/h5-13,26H,1-4H3,(H2,24,25,33). The van der Waals surface area contributed by atoms with Crippen LogP contribution in [-0.4, -0.2) is 25.6 Å². The Morgan fingerprint density at radius 2 is 1.59 bits per heavy atom. The van der Waals surface area contributed by atoms with Gasteiger partial charge in [0.05, 0.1) is 34.4 Å². The van der Waals surface area contributed by atoms with E-state index in [2.05, 4.69) is 15.4 Å². The lowest BCUT2D eigenvalue weighted by Gasteiger charge is -2.15. The lowest BCUT2D eigenvalue weighted by Crippen LogP contribution is -2.19. The lowest BCUT2D eigenvalue weighted by molar-refractivity contribution is -0.384. The van der Waals surface area contributed by atoms with Crippen LogP contribution in [0.15, 0.2) is 59.5 Å². The van der Waals surface area contributed by atoms with E-state index in [0.29, 0.717) is 17.1 Å². The number of nitro benzene ring substituents is 1. The minimum absolute atomic E-state index is 0.105. The first-order chi connectivity index (χ1) is 16.0. The van der Waals surface area contributed by atoms with Gasteiger partial charge in [0.15, 0.2) is 5.11 Å². The number of anilines is 3. The van der Waals surface area contributed by atoms with Gasteiger partial charge in [0.25, 0.3) is 15.7 Å². The van der Waals surface area contributed by atoms with E-state index >= 15 is 0 Å². The van der Waals surface area contributed by atoms with Gasteiger partial charge in [0.1, 0.15) is 5.75 Å². The molecule has 3 N–H and O–H groups in total. The Morgan fingerprint density at radius 3 is 2.15 bits per heavy atom. The van der Waals surface area contributed by atoms with Gasteiger partial charge in [-0.25, -0.2) is 8.42 Å². The van der Waals surface area contributed by atoms with E-state index in [-0.39, 0.29) is 21.4 Å². The molecular weight excluding hydrogens is 476 g/mol. The Bertz CT molecular complexity index is 1330. The smallest absolute Gasteiger partial charge is 0.273 e. The highest BCUT2D eigenvalue weighted by Crippen LogP contribution is 2.29. The van der Waals surface area contributed by atoms with E-state index in [4.69, 9.17) is 17.0 Å². The molecule has 0 fully saturated rings. The molecule has 0 aliphatic rings. The van der Waals surface area contributed by atoms with Crippen molar-refractivity contribution in [3.8, 4) is 5.75 Å². The van der Waals surface area contributed by atoms with Crippen molar-refractivity contribution in [2.75, 3.05) is 22.5 Å². The van der Waals surface area contributed by atoms with Crippen LogP contribution in [0.4, 0.5) is 22.7 Å². The molecular formula is C23H24N4O5S2.